The van der Waals surface area contributed by atoms with Crippen molar-refractivity contribution in [3.05, 3.63) is 83.6 Å². The molecule has 0 spiro atoms. The van der Waals surface area contributed by atoms with Gasteiger partial charge in [0.15, 0.2) is 11.6 Å². The van der Waals surface area contributed by atoms with Crippen molar-refractivity contribution >= 4 is 17.7 Å². The first-order valence-corrected chi connectivity index (χ1v) is 8.00. The summed E-state index contributed by atoms with van der Waals surface area (Å²) in [6.07, 6.45) is 4.99. The van der Waals surface area contributed by atoms with E-state index in [1.807, 2.05) is 37.3 Å². The van der Waals surface area contributed by atoms with Crippen molar-refractivity contribution in [3.63, 3.8) is 0 Å². The number of aryl methyl sites for hydroxylation is 1. The van der Waals surface area contributed by atoms with Gasteiger partial charge in [0.25, 0.3) is 5.91 Å². The number of benzene rings is 2. The average Bonchev–Trinajstić information content (AvgIpc) is 3.06. The van der Waals surface area contributed by atoms with Crippen LogP contribution in [0.2, 0.25) is 0 Å². The van der Waals surface area contributed by atoms with Gasteiger partial charge in [-0.2, -0.15) is 5.10 Å². The van der Waals surface area contributed by atoms with Crippen molar-refractivity contribution in [2.45, 2.75) is 6.92 Å². The third-order valence-corrected chi connectivity index (χ3v) is 3.71. The van der Waals surface area contributed by atoms with Crippen LogP contribution in [0.25, 0.3) is 11.8 Å². The Kier molecular flexibility index (Phi) is 5.12. The summed E-state index contributed by atoms with van der Waals surface area (Å²) in [6.45, 7) is 1.88. The van der Waals surface area contributed by atoms with Gasteiger partial charge in [0, 0.05) is 11.9 Å². The molecule has 3 aromatic rings. The van der Waals surface area contributed by atoms with Crippen LogP contribution < -0.4 is 5.32 Å². The van der Waals surface area contributed by atoms with Gasteiger partial charge >= 0.3 is 0 Å². The standard InChI is InChI=1S/C20H18FN3O2/c1-14-12-22-24(13-14)18-9-8-16(11-17(18)21)23-20(25)19(26-2)10-15-6-4-3-5-7-15/h3-13H,1-2H3,(H,23,25). The molecule has 0 unspecified atom stereocenters. The van der Waals surface area contributed by atoms with Crippen LogP contribution in [0.4, 0.5) is 10.1 Å². The Labute approximate surface area is 150 Å². The molecule has 0 fully saturated rings. The van der Waals surface area contributed by atoms with Crippen molar-refractivity contribution in [2.24, 2.45) is 0 Å². The summed E-state index contributed by atoms with van der Waals surface area (Å²) < 4.78 is 21.0. The van der Waals surface area contributed by atoms with Crippen LogP contribution in [0, 0.1) is 12.7 Å². The molecule has 0 radical (unpaired) electrons. The number of hydrogen-bond acceptors (Lipinski definition) is 3. The van der Waals surface area contributed by atoms with E-state index in [-0.39, 0.29) is 5.76 Å². The topological polar surface area (TPSA) is 56.1 Å². The zero-order valence-electron chi connectivity index (χ0n) is 14.4. The van der Waals surface area contributed by atoms with Crippen molar-refractivity contribution in [1.82, 2.24) is 9.78 Å². The number of rotatable bonds is 5. The average molecular weight is 351 g/mol. The highest BCUT2D eigenvalue weighted by atomic mass is 19.1. The molecule has 0 saturated heterocycles. The van der Waals surface area contributed by atoms with E-state index in [0.29, 0.717) is 11.4 Å². The number of amides is 1. The van der Waals surface area contributed by atoms with Crippen LogP contribution in [0.5, 0.6) is 0 Å². The van der Waals surface area contributed by atoms with Gasteiger partial charge in [-0.05, 0) is 42.3 Å². The minimum absolute atomic E-state index is 0.128. The van der Waals surface area contributed by atoms with E-state index in [9.17, 15) is 9.18 Å². The summed E-state index contributed by atoms with van der Waals surface area (Å²) in [4.78, 5) is 12.4. The minimum atomic E-state index is -0.489. The van der Waals surface area contributed by atoms with Gasteiger partial charge in [0.2, 0.25) is 0 Å². The normalized spacial score (nSPS) is 11.3. The number of ether oxygens (including phenoxy) is 1. The number of aromatic nitrogens is 2. The molecule has 5 nitrogen and oxygen atoms in total. The predicted octanol–water partition coefficient (Wildman–Crippen LogP) is 3.95. The Morgan fingerprint density at radius 1 is 1.23 bits per heavy atom. The molecule has 1 N–H and O–H groups in total. The summed E-state index contributed by atoms with van der Waals surface area (Å²) in [5, 5.41) is 6.72. The maximum Gasteiger partial charge on any atom is 0.290 e. The minimum Gasteiger partial charge on any atom is -0.491 e. The van der Waals surface area contributed by atoms with Gasteiger partial charge < -0.3 is 10.1 Å². The quantitative estimate of drug-likeness (QED) is 0.559. The van der Waals surface area contributed by atoms with Crippen molar-refractivity contribution in [3.8, 4) is 5.69 Å². The van der Waals surface area contributed by atoms with Crippen LogP contribution in [-0.2, 0) is 9.53 Å². The smallest absolute Gasteiger partial charge is 0.290 e. The van der Waals surface area contributed by atoms with Gasteiger partial charge in [0.1, 0.15) is 5.69 Å². The molecule has 132 valence electrons. The Bertz CT molecular complexity index is 949. The molecule has 1 amide bonds. The fourth-order valence-corrected chi connectivity index (χ4v) is 2.43. The molecule has 2 aromatic carbocycles. The monoisotopic (exact) mass is 351 g/mol. The molecule has 0 aliphatic rings. The lowest BCUT2D eigenvalue weighted by Gasteiger charge is -2.10. The maximum absolute atomic E-state index is 14.4. The van der Waals surface area contributed by atoms with E-state index in [0.717, 1.165) is 11.1 Å². The second-order valence-corrected chi connectivity index (χ2v) is 5.71. The van der Waals surface area contributed by atoms with Gasteiger partial charge in [-0.1, -0.05) is 30.3 Å². The van der Waals surface area contributed by atoms with E-state index < -0.39 is 11.7 Å². The Morgan fingerprint density at radius 2 is 2.00 bits per heavy atom. The van der Waals surface area contributed by atoms with Gasteiger partial charge in [-0.25, -0.2) is 9.07 Å². The zero-order valence-corrected chi connectivity index (χ0v) is 14.4. The van der Waals surface area contributed by atoms with Crippen molar-refractivity contribution < 1.29 is 13.9 Å². The zero-order chi connectivity index (χ0) is 18.5. The first-order valence-electron chi connectivity index (χ1n) is 8.00. The van der Waals surface area contributed by atoms with Crippen LogP contribution in [0.15, 0.2) is 66.7 Å². The SMILES string of the molecule is COC(=Cc1ccccc1)C(=O)Nc1ccc(-n2cc(C)cn2)c(F)c1. The first-order chi connectivity index (χ1) is 12.6. The van der Waals surface area contributed by atoms with Gasteiger partial charge in [-0.3, -0.25) is 4.79 Å². The lowest BCUT2D eigenvalue weighted by Crippen LogP contribution is -2.16. The Balaban J connectivity index is 1.78. The van der Waals surface area contributed by atoms with Crippen LogP contribution in [0.3, 0.4) is 0 Å². The number of halogens is 1. The fraction of sp³-hybridized carbons (Fsp3) is 0.100. The Hall–Kier alpha value is -3.41. The number of nitrogens with zero attached hydrogens (tertiary/aromatic N) is 2. The maximum atomic E-state index is 14.4. The molecule has 0 atom stereocenters. The number of carbonyl (C=O) groups excluding carboxylic acids is 1. The van der Waals surface area contributed by atoms with E-state index >= 15 is 0 Å². The first kappa shape index (κ1) is 17.4. The summed E-state index contributed by atoms with van der Waals surface area (Å²) in [5.74, 6) is -0.821. The fourth-order valence-electron chi connectivity index (χ4n) is 2.43. The molecule has 1 heterocycles. The molecule has 0 bridgehead atoms. The molecule has 0 saturated carbocycles. The molecule has 1 aromatic heterocycles. The highest BCUT2D eigenvalue weighted by Gasteiger charge is 2.13. The molecular formula is C20H18FN3O2. The molecule has 3 rings (SSSR count). The summed E-state index contributed by atoms with van der Waals surface area (Å²) in [7, 11) is 1.41. The second-order valence-electron chi connectivity index (χ2n) is 5.71. The molecule has 0 aliphatic heterocycles. The van der Waals surface area contributed by atoms with Gasteiger partial charge in [-0.15, -0.1) is 0 Å². The summed E-state index contributed by atoms with van der Waals surface area (Å²) in [5.41, 5.74) is 2.40. The predicted molar refractivity (Wildman–Crippen MR) is 98.3 cm³/mol. The number of methoxy groups -OCH3 is 1. The highest BCUT2D eigenvalue weighted by molar-refractivity contribution is 6.05. The second kappa shape index (κ2) is 7.65. The van der Waals surface area contributed by atoms with E-state index in [1.54, 1.807) is 30.6 Å². The molecule has 26 heavy (non-hydrogen) atoms. The van der Waals surface area contributed by atoms with E-state index in [2.05, 4.69) is 10.4 Å². The van der Waals surface area contributed by atoms with Crippen molar-refractivity contribution in [1.29, 1.82) is 0 Å². The lowest BCUT2D eigenvalue weighted by molar-refractivity contribution is -0.115. The summed E-state index contributed by atoms with van der Waals surface area (Å²) in [6, 6.07) is 13.7. The number of carbonyl (C=O) groups is 1. The lowest BCUT2D eigenvalue weighted by atomic mass is 10.2. The third-order valence-electron chi connectivity index (χ3n) is 3.71. The number of anilines is 1. The van der Waals surface area contributed by atoms with Crippen LogP contribution in [-0.4, -0.2) is 22.8 Å². The molecule has 0 aliphatic carbocycles. The number of nitrogens with one attached hydrogen (secondary N) is 1. The largest absolute Gasteiger partial charge is 0.491 e. The van der Waals surface area contributed by atoms with Crippen LogP contribution in [0.1, 0.15) is 11.1 Å². The molecule has 6 heteroatoms. The van der Waals surface area contributed by atoms with Crippen LogP contribution >= 0.6 is 0 Å². The molecular weight excluding hydrogens is 333 g/mol. The third kappa shape index (κ3) is 3.97. The highest BCUT2D eigenvalue weighted by Crippen LogP contribution is 2.19. The summed E-state index contributed by atoms with van der Waals surface area (Å²) >= 11 is 0. The Morgan fingerprint density at radius 3 is 2.62 bits per heavy atom. The van der Waals surface area contributed by atoms with E-state index in [1.165, 1.54) is 17.9 Å². The van der Waals surface area contributed by atoms with Gasteiger partial charge in [0.05, 0.1) is 13.3 Å². The van der Waals surface area contributed by atoms with Crippen molar-refractivity contribution in [2.75, 3.05) is 12.4 Å². The number of hydrogen-bond donors (Lipinski definition) is 1. The van der Waals surface area contributed by atoms with E-state index in [4.69, 9.17) is 4.74 Å².